The molecule has 0 unspecified atom stereocenters. The topological polar surface area (TPSA) is 37.3 Å². The lowest BCUT2D eigenvalue weighted by Gasteiger charge is -2.42. The van der Waals surface area contributed by atoms with Gasteiger partial charge >= 0.3 is 5.97 Å². The summed E-state index contributed by atoms with van der Waals surface area (Å²) in [5.41, 5.74) is 8.73. The summed E-state index contributed by atoms with van der Waals surface area (Å²) >= 11 is 0. The molecule has 0 saturated carbocycles. The highest BCUT2D eigenvalue weighted by Gasteiger charge is 2.36. The molecule has 0 spiro atoms. The van der Waals surface area contributed by atoms with Crippen LogP contribution in [0.3, 0.4) is 0 Å². The number of allylic oxidation sites excluding steroid dienone is 1. The molecular weight excluding hydrogens is 332 g/mol. The van der Waals surface area contributed by atoms with Crippen LogP contribution in [-0.2, 0) is 17.3 Å². The van der Waals surface area contributed by atoms with Crippen molar-refractivity contribution in [3.8, 4) is 0 Å². The second-order valence-corrected chi connectivity index (χ2v) is 9.42. The summed E-state index contributed by atoms with van der Waals surface area (Å²) in [6, 6.07) is 12.5. The van der Waals surface area contributed by atoms with Crippen LogP contribution in [0.1, 0.15) is 85.1 Å². The second kappa shape index (κ2) is 6.09. The average Bonchev–Trinajstić information content (AvgIpc) is 3.01. The fraction of sp³-hybridized carbons (Fsp3) is 0.400. The summed E-state index contributed by atoms with van der Waals surface area (Å²) in [4.78, 5) is 11.2. The fourth-order valence-corrected chi connectivity index (χ4v) is 4.70. The van der Waals surface area contributed by atoms with E-state index in [1.807, 2.05) is 12.1 Å². The van der Waals surface area contributed by atoms with Crippen LogP contribution in [0.15, 0.2) is 36.4 Å². The smallest absolute Gasteiger partial charge is 0.335 e. The first-order valence-corrected chi connectivity index (χ1v) is 9.90. The monoisotopic (exact) mass is 360 g/mol. The summed E-state index contributed by atoms with van der Waals surface area (Å²) in [6.45, 7) is 9.42. The van der Waals surface area contributed by atoms with Crippen molar-refractivity contribution >= 4 is 17.6 Å². The molecule has 0 fully saturated rings. The van der Waals surface area contributed by atoms with E-state index >= 15 is 0 Å². The van der Waals surface area contributed by atoms with Gasteiger partial charge in [0.1, 0.15) is 0 Å². The normalized spacial score (nSPS) is 21.0. The molecule has 2 aromatic carbocycles. The molecule has 2 aliphatic carbocycles. The lowest BCUT2D eigenvalue weighted by molar-refractivity contribution is 0.0697. The van der Waals surface area contributed by atoms with Gasteiger partial charge in [-0.05, 0) is 82.0 Å². The third-order valence-corrected chi connectivity index (χ3v) is 6.58. The number of aromatic carboxylic acids is 1. The van der Waals surface area contributed by atoms with Gasteiger partial charge in [-0.25, -0.2) is 4.79 Å². The van der Waals surface area contributed by atoms with Gasteiger partial charge in [0.25, 0.3) is 0 Å². The van der Waals surface area contributed by atoms with E-state index in [4.69, 9.17) is 0 Å². The molecule has 0 radical (unpaired) electrons. The van der Waals surface area contributed by atoms with E-state index < -0.39 is 5.97 Å². The third-order valence-electron chi connectivity index (χ3n) is 6.58. The van der Waals surface area contributed by atoms with E-state index in [0.29, 0.717) is 5.56 Å². The maximum atomic E-state index is 11.2. The molecular formula is C25H28O2. The first-order valence-electron chi connectivity index (χ1n) is 9.90. The average molecular weight is 360 g/mol. The van der Waals surface area contributed by atoms with Gasteiger partial charge in [0, 0.05) is 0 Å². The fourth-order valence-electron chi connectivity index (χ4n) is 4.70. The van der Waals surface area contributed by atoms with Crippen molar-refractivity contribution in [1.82, 2.24) is 0 Å². The Hall–Kier alpha value is -2.35. The van der Waals surface area contributed by atoms with E-state index in [1.54, 1.807) is 6.07 Å². The van der Waals surface area contributed by atoms with Crippen LogP contribution in [0.25, 0.3) is 11.6 Å². The number of carboxylic acids is 1. The number of carbonyl (C=O) groups is 1. The van der Waals surface area contributed by atoms with Crippen molar-refractivity contribution in [3.63, 3.8) is 0 Å². The maximum Gasteiger partial charge on any atom is 0.335 e. The first kappa shape index (κ1) is 18.0. The number of hydrogen-bond donors (Lipinski definition) is 1. The Bertz CT molecular complexity index is 960. The van der Waals surface area contributed by atoms with E-state index in [2.05, 4.69) is 52.0 Å². The van der Waals surface area contributed by atoms with Gasteiger partial charge in [-0.3, -0.25) is 0 Å². The largest absolute Gasteiger partial charge is 0.478 e. The predicted octanol–water partition coefficient (Wildman–Crippen LogP) is 6.22. The molecule has 0 aliphatic heterocycles. The van der Waals surface area contributed by atoms with Crippen LogP contribution in [0.4, 0.5) is 0 Å². The SMILES string of the molecule is CC1(C)CCC(C)(C)c2cc(C=C3CCc4cc(C(=O)O)ccc43)ccc21. The Labute approximate surface area is 161 Å². The van der Waals surface area contributed by atoms with Gasteiger partial charge in [-0.1, -0.05) is 58.0 Å². The Kier molecular flexibility index (Phi) is 4.06. The molecule has 1 N–H and O–H groups in total. The van der Waals surface area contributed by atoms with Crippen molar-refractivity contribution in [1.29, 1.82) is 0 Å². The molecule has 0 bridgehead atoms. The summed E-state index contributed by atoms with van der Waals surface area (Å²) in [7, 11) is 0. The van der Waals surface area contributed by atoms with Crippen molar-refractivity contribution in [2.24, 2.45) is 0 Å². The van der Waals surface area contributed by atoms with Gasteiger partial charge in [0.15, 0.2) is 0 Å². The van der Waals surface area contributed by atoms with Crippen LogP contribution < -0.4 is 0 Å². The Morgan fingerprint density at radius 1 is 0.926 bits per heavy atom. The lowest BCUT2D eigenvalue weighted by Crippen LogP contribution is -2.33. The summed E-state index contributed by atoms with van der Waals surface area (Å²) in [5.74, 6) is -0.852. The highest BCUT2D eigenvalue weighted by molar-refractivity contribution is 5.91. The quantitative estimate of drug-likeness (QED) is 0.690. The van der Waals surface area contributed by atoms with Crippen molar-refractivity contribution < 1.29 is 9.90 Å². The zero-order valence-corrected chi connectivity index (χ0v) is 16.7. The highest BCUT2D eigenvalue weighted by Crippen LogP contribution is 2.46. The van der Waals surface area contributed by atoms with E-state index in [9.17, 15) is 9.90 Å². The van der Waals surface area contributed by atoms with Crippen LogP contribution in [-0.4, -0.2) is 11.1 Å². The highest BCUT2D eigenvalue weighted by atomic mass is 16.4. The van der Waals surface area contributed by atoms with Crippen LogP contribution in [0, 0.1) is 0 Å². The Morgan fingerprint density at radius 3 is 2.33 bits per heavy atom. The number of fused-ring (bicyclic) bond motifs is 2. The number of benzene rings is 2. The van der Waals surface area contributed by atoms with Crippen molar-refractivity contribution in [2.75, 3.05) is 0 Å². The van der Waals surface area contributed by atoms with Gasteiger partial charge in [-0.15, -0.1) is 0 Å². The molecule has 2 aromatic rings. The van der Waals surface area contributed by atoms with Crippen LogP contribution >= 0.6 is 0 Å². The maximum absolute atomic E-state index is 11.2. The molecule has 0 aromatic heterocycles. The molecule has 0 heterocycles. The lowest BCUT2D eigenvalue weighted by atomic mass is 9.63. The molecule has 27 heavy (non-hydrogen) atoms. The van der Waals surface area contributed by atoms with Crippen molar-refractivity contribution in [3.05, 3.63) is 69.8 Å². The molecule has 0 atom stereocenters. The molecule has 0 saturated heterocycles. The standard InChI is InChI=1S/C25H28O2/c1-24(2)11-12-25(3,4)22-14-16(5-10-21(22)24)13-17-6-7-18-15-19(23(26)27)8-9-20(17)18/h5,8-10,13-15H,6-7,11-12H2,1-4H3,(H,26,27). The zero-order valence-electron chi connectivity index (χ0n) is 16.7. The second-order valence-electron chi connectivity index (χ2n) is 9.42. The molecule has 2 heteroatoms. The summed E-state index contributed by atoms with van der Waals surface area (Å²) in [6.07, 6.45) is 6.64. The molecule has 0 amide bonds. The molecule has 2 nitrogen and oxygen atoms in total. The molecule has 2 aliphatic rings. The predicted molar refractivity (Wildman–Crippen MR) is 111 cm³/mol. The van der Waals surface area contributed by atoms with Crippen molar-refractivity contribution in [2.45, 2.75) is 64.2 Å². The van der Waals surface area contributed by atoms with Gasteiger partial charge in [0.05, 0.1) is 5.56 Å². The first-order chi connectivity index (χ1) is 12.7. The minimum absolute atomic E-state index is 0.212. The van der Waals surface area contributed by atoms with Gasteiger partial charge in [0.2, 0.25) is 0 Å². The van der Waals surface area contributed by atoms with E-state index in [0.717, 1.165) is 18.4 Å². The minimum Gasteiger partial charge on any atom is -0.478 e. The number of rotatable bonds is 2. The number of carboxylic acid groups (broad SMARTS) is 1. The minimum atomic E-state index is -0.852. The number of aryl methyl sites for hydroxylation is 1. The summed E-state index contributed by atoms with van der Waals surface area (Å²) in [5, 5.41) is 9.21. The number of hydrogen-bond acceptors (Lipinski definition) is 1. The van der Waals surface area contributed by atoms with E-state index in [1.165, 1.54) is 40.7 Å². The molecule has 140 valence electrons. The molecule has 4 rings (SSSR count). The van der Waals surface area contributed by atoms with E-state index in [-0.39, 0.29) is 10.8 Å². The van der Waals surface area contributed by atoms with Gasteiger partial charge in [-0.2, -0.15) is 0 Å². The van der Waals surface area contributed by atoms with Crippen LogP contribution in [0.5, 0.6) is 0 Å². The Morgan fingerprint density at radius 2 is 1.63 bits per heavy atom. The zero-order chi connectivity index (χ0) is 19.4. The van der Waals surface area contributed by atoms with Crippen LogP contribution in [0.2, 0.25) is 0 Å². The Balaban J connectivity index is 1.74. The summed E-state index contributed by atoms with van der Waals surface area (Å²) < 4.78 is 0. The van der Waals surface area contributed by atoms with Gasteiger partial charge < -0.3 is 5.11 Å². The third kappa shape index (κ3) is 3.12.